The van der Waals surface area contributed by atoms with E-state index in [0.29, 0.717) is 6.42 Å². The number of nitrogens with two attached hydrogens (primary N) is 1. The van der Waals surface area contributed by atoms with Crippen LogP contribution in [0.25, 0.3) is 0 Å². The molecular formula is C22H26N2O5S. The van der Waals surface area contributed by atoms with Gasteiger partial charge in [0.15, 0.2) is 0 Å². The molecule has 0 spiro atoms. The Kier molecular flexibility index (Phi) is 8.89. The summed E-state index contributed by atoms with van der Waals surface area (Å²) in [4.78, 5) is 36.7. The van der Waals surface area contributed by atoms with E-state index in [1.54, 1.807) is 24.3 Å². The molecular weight excluding hydrogens is 404 g/mol. The number of amides is 2. The van der Waals surface area contributed by atoms with Crippen molar-refractivity contribution in [3.63, 3.8) is 0 Å². The first kappa shape index (κ1) is 23.4. The minimum absolute atomic E-state index is 0.211. The number of carboxylic acids is 1. The van der Waals surface area contributed by atoms with Crippen LogP contribution in [0.15, 0.2) is 60.7 Å². The molecule has 0 bridgehead atoms. The molecule has 0 aromatic heterocycles. The van der Waals surface area contributed by atoms with Crippen LogP contribution >= 0.6 is 12.6 Å². The van der Waals surface area contributed by atoms with Gasteiger partial charge in [0.2, 0.25) is 11.8 Å². The standard InChI is InChI=1S/C22H26N2O5S/c23-20(26)19(24-21(27)17(30)12-15-9-5-2-6-10-15)18(22(28)29)16(13-25)11-14-7-3-1-4-8-14/h1-10,16-19,25,30H,11-13H2,(H2,23,26)(H,24,27)(H,28,29). The third-order valence-electron chi connectivity index (χ3n) is 4.91. The fourth-order valence-electron chi connectivity index (χ4n) is 3.36. The third kappa shape index (κ3) is 6.60. The number of carbonyl (C=O) groups excluding carboxylic acids is 2. The highest BCUT2D eigenvalue weighted by molar-refractivity contribution is 7.81. The van der Waals surface area contributed by atoms with Crippen LogP contribution in [0.2, 0.25) is 0 Å². The van der Waals surface area contributed by atoms with Crippen LogP contribution in [-0.2, 0) is 27.2 Å². The molecule has 0 aliphatic rings. The van der Waals surface area contributed by atoms with Gasteiger partial charge in [0.25, 0.3) is 0 Å². The first-order valence-corrected chi connectivity index (χ1v) is 10.0. The van der Waals surface area contributed by atoms with E-state index >= 15 is 0 Å². The second-order valence-corrected chi connectivity index (χ2v) is 7.71. The smallest absolute Gasteiger partial charge is 0.309 e. The largest absolute Gasteiger partial charge is 0.481 e. The number of aliphatic carboxylic acids is 1. The summed E-state index contributed by atoms with van der Waals surface area (Å²) in [6.07, 6.45) is 0.509. The topological polar surface area (TPSA) is 130 Å². The van der Waals surface area contributed by atoms with Crippen molar-refractivity contribution < 1.29 is 24.6 Å². The molecule has 0 aliphatic carbocycles. The van der Waals surface area contributed by atoms with Gasteiger partial charge in [-0.25, -0.2) is 0 Å². The van der Waals surface area contributed by atoms with Gasteiger partial charge < -0.3 is 21.3 Å². The first-order valence-electron chi connectivity index (χ1n) is 9.52. The van der Waals surface area contributed by atoms with Crippen LogP contribution in [0.4, 0.5) is 0 Å². The molecule has 30 heavy (non-hydrogen) atoms. The lowest BCUT2D eigenvalue weighted by Gasteiger charge is -2.29. The van der Waals surface area contributed by atoms with E-state index in [1.165, 1.54) is 0 Å². The molecule has 0 saturated carbocycles. The van der Waals surface area contributed by atoms with Crippen LogP contribution < -0.4 is 11.1 Å². The van der Waals surface area contributed by atoms with Crippen LogP contribution in [0.1, 0.15) is 11.1 Å². The van der Waals surface area contributed by atoms with Crippen molar-refractivity contribution in [3.8, 4) is 0 Å². The molecule has 0 fully saturated rings. The molecule has 2 rings (SSSR count). The molecule has 0 saturated heterocycles. The summed E-state index contributed by atoms with van der Waals surface area (Å²) in [5, 5.41) is 21.2. The number of primary amides is 1. The second kappa shape index (κ2) is 11.4. The van der Waals surface area contributed by atoms with Gasteiger partial charge in [-0.1, -0.05) is 60.7 Å². The van der Waals surface area contributed by atoms with Crippen LogP contribution in [0, 0.1) is 11.8 Å². The van der Waals surface area contributed by atoms with Gasteiger partial charge in [-0.2, -0.15) is 12.6 Å². The lowest BCUT2D eigenvalue weighted by atomic mass is 9.82. The van der Waals surface area contributed by atoms with Crippen molar-refractivity contribution in [1.29, 1.82) is 0 Å². The number of hydrogen-bond acceptors (Lipinski definition) is 5. The average molecular weight is 431 g/mol. The Morgan fingerprint density at radius 3 is 1.87 bits per heavy atom. The molecule has 4 atom stereocenters. The summed E-state index contributed by atoms with van der Waals surface area (Å²) < 4.78 is 0. The molecule has 2 aromatic rings. The van der Waals surface area contributed by atoms with Crippen LogP contribution in [0.5, 0.6) is 0 Å². The van der Waals surface area contributed by atoms with Crippen LogP contribution in [0.3, 0.4) is 0 Å². The lowest BCUT2D eigenvalue weighted by molar-refractivity contribution is -0.148. The van der Waals surface area contributed by atoms with E-state index in [4.69, 9.17) is 5.73 Å². The van der Waals surface area contributed by atoms with Crippen molar-refractivity contribution in [1.82, 2.24) is 5.32 Å². The zero-order chi connectivity index (χ0) is 22.1. The van der Waals surface area contributed by atoms with Crippen LogP contribution in [-0.4, -0.2) is 45.9 Å². The highest BCUT2D eigenvalue weighted by Gasteiger charge is 2.40. The predicted octanol–water partition coefficient (Wildman–Crippen LogP) is 1.05. The van der Waals surface area contributed by atoms with E-state index in [2.05, 4.69) is 17.9 Å². The summed E-state index contributed by atoms with van der Waals surface area (Å²) in [5.41, 5.74) is 7.11. The number of nitrogens with one attached hydrogen (secondary N) is 1. The number of hydrogen-bond donors (Lipinski definition) is 5. The van der Waals surface area contributed by atoms with Gasteiger partial charge in [-0.3, -0.25) is 14.4 Å². The van der Waals surface area contributed by atoms with E-state index in [0.717, 1.165) is 11.1 Å². The summed E-state index contributed by atoms with van der Waals surface area (Å²) in [7, 11) is 0. The number of rotatable bonds is 11. The quantitative estimate of drug-likeness (QED) is 0.340. The minimum atomic E-state index is -1.48. The summed E-state index contributed by atoms with van der Waals surface area (Å²) in [5.74, 6) is -5.13. The van der Waals surface area contributed by atoms with Gasteiger partial charge in [-0.15, -0.1) is 0 Å². The Morgan fingerprint density at radius 2 is 1.43 bits per heavy atom. The fourth-order valence-corrected chi connectivity index (χ4v) is 3.64. The zero-order valence-corrected chi connectivity index (χ0v) is 17.2. The minimum Gasteiger partial charge on any atom is -0.481 e. The Morgan fingerprint density at radius 1 is 0.933 bits per heavy atom. The molecule has 0 aliphatic heterocycles. The summed E-state index contributed by atoms with van der Waals surface area (Å²) >= 11 is 4.29. The van der Waals surface area contributed by atoms with Crippen molar-refractivity contribution in [2.75, 3.05) is 6.61 Å². The number of aliphatic hydroxyl groups is 1. The first-order chi connectivity index (χ1) is 14.3. The Bertz CT molecular complexity index is 847. The Labute approximate surface area is 180 Å². The summed E-state index contributed by atoms with van der Waals surface area (Å²) in [6.45, 7) is -0.486. The maximum absolute atomic E-state index is 12.6. The lowest BCUT2D eigenvalue weighted by Crippen LogP contribution is -2.55. The molecule has 8 heteroatoms. The summed E-state index contributed by atoms with van der Waals surface area (Å²) in [6, 6.07) is 16.7. The van der Waals surface area contributed by atoms with Crippen molar-refractivity contribution in [3.05, 3.63) is 71.8 Å². The normalized spacial score (nSPS) is 14.9. The number of thiol groups is 1. The number of carboxylic acid groups (broad SMARTS) is 1. The monoisotopic (exact) mass is 430 g/mol. The van der Waals surface area contributed by atoms with Gasteiger partial charge in [0.1, 0.15) is 6.04 Å². The molecule has 2 aromatic carbocycles. The van der Waals surface area contributed by atoms with Gasteiger partial charge in [0.05, 0.1) is 11.2 Å². The number of aliphatic hydroxyl groups excluding tert-OH is 1. The predicted molar refractivity (Wildman–Crippen MR) is 116 cm³/mol. The van der Waals surface area contributed by atoms with Gasteiger partial charge >= 0.3 is 5.97 Å². The maximum Gasteiger partial charge on any atom is 0.309 e. The SMILES string of the molecule is NC(=O)C(NC(=O)C(S)Cc1ccccc1)C(C(=O)O)C(CO)Cc1ccccc1. The molecule has 0 radical (unpaired) electrons. The van der Waals surface area contributed by atoms with Crippen molar-refractivity contribution >= 4 is 30.4 Å². The van der Waals surface area contributed by atoms with Gasteiger partial charge in [0, 0.05) is 12.5 Å². The molecule has 5 N–H and O–H groups in total. The number of benzene rings is 2. The molecule has 7 nitrogen and oxygen atoms in total. The Balaban J connectivity index is 2.17. The van der Waals surface area contributed by atoms with E-state index in [-0.39, 0.29) is 6.42 Å². The van der Waals surface area contributed by atoms with E-state index < -0.39 is 47.5 Å². The zero-order valence-electron chi connectivity index (χ0n) is 16.3. The van der Waals surface area contributed by atoms with E-state index in [1.807, 2.05) is 36.4 Å². The Hall–Kier alpha value is -2.84. The molecule has 2 amide bonds. The second-order valence-electron chi connectivity index (χ2n) is 7.09. The van der Waals surface area contributed by atoms with E-state index in [9.17, 15) is 24.6 Å². The third-order valence-corrected chi connectivity index (χ3v) is 5.32. The van der Waals surface area contributed by atoms with Gasteiger partial charge in [-0.05, 0) is 24.0 Å². The van der Waals surface area contributed by atoms with Crippen molar-refractivity contribution in [2.24, 2.45) is 17.6 Å². The van der Waals surface area contributed by atoms with Crippen molar-refractivity contribution in [2.45, 2.75) is 24.1 Å². The highest BCUT2D eigenvalue weighted by Crippen LogP contribution is 2.22. The molecule has 0 heterocycles. The maximum atomic E-state index is 12.6. The molecule has 160 valence electrons. The fraction of sp³-hybridized carbons (Fsp3) is 0.318. The average Bonchev–Trinajstić information content (AvgIpc) is 2.73. The molecule has 4 unspecified atom stereocenters. The highest BCUT2D eigenvalue weighted by atomic mass is 32.1. The number of carbonyl (C=O) groups is 3.